The van der Waals surface area contributed by atoms with Gasteiger partial charge in [0.15, 0.2) is 0 Å². The van der Waals surface area contributed by atoms with Gasteiger partial charge in [-0.1, -0.05) is 5.16 Å². The summed E-state index contributed by atoms with van der Waals surface area (Å²) in [6.07, 6.45) is 1.49. The summed E-state index contributed by atoms with van der Waals surface area (Å²) in [6, 6.07) is 5.45. The number of hydrogen-bond donors (Lipinski definition) is 0. The second-order valence-electron chi connectivity index (χ2n) is 3.91. The normalized spacial score (nSPS) is 10.5. The Morgan fingerprint density at radius 2 is 1.84 bits per heavy atom. The summed E-state index contributed by atoms with van der Waals surface area (Å²) in [6.45, 7) is 0. The lowest BCUT2D eigenvalue weighted by atomic mass is 10.2. The van der Waals surface area contributed by atoms with Crippen LogP contribution in [-0.4, -0.2) is 30.2 Å². The zero-order valence-corrected chi connectivity index (χ0v) is 11.6. The van der Waals surface area contributed by atoms with Crippen molar-refractivity contribution in [3.63, 3.8) is 0 Å². The zero-order valence-electron chi connectivity index (χ0n) is 10.9. The molecule has 102 valence electrons. The standard InChI is InChI=1S/C13H15ClN2O3/c1-17-10-6-9(7-11(8-10)18-2)13-15-12(19-16-13)4-3-5-14/h6-8H,3-5H2,1-2H3. The van der Waals surface area contributed by atoms with Crippen LogP contribution >= 0.6 is 11.6 Å². The van der Waals surface area contributed by atoms with E-state index in [0.717, 1.165) is 12.0 Å². The highest BCUT2D eigenvalue weighted by Gasteiger charge is 2.11. The highest BCUT2D eigenvalue weighted by molar-refractivity contribution is 6.17. The van der Waals surface area contributed by atoms with Gasteiger partial charge in [0.05, 0.1) is 14.2 Å². The number of rotatable bonds is 6. The Labute approximate surface area is 116 Å². The second kappa shape index (κ2) is 6.43. The van der Waals surface area contributed by atoms with Crippen LogP contribution in [0.1, 0.15) is 12.3 Å². The SMILES string of the molecule is COc1cc(OC)cc(-c2noc(CCCCl)n2)c1. The molecule has 0 spiro atoms. The molecule has 2 aromatic rings. The van der Waals surface area contributed by atoms with E-state index < -0.39 is 0 Å². The molecule has 0 unspecified atom stereocenters. The third-order valence-corrected chi connectivity index (χ3v) is 2.87. The molecule has 0 N–H and O–H groups in total. The molecule has 0 radical (unpaired) electrons. The number of methoxy groups -OCH3 is 2. The van der Waals surface area contributed by atoms with E-state index in [0.29, 0.717) is 35.5 Å². The number of hydrogen-bond acceptors (Lipinski definition) is 5. The summed E-state index contributed by atoms with van der Waals surface area (Å²) < 4.78 is 15.6. The van der Waals surface area contributed by atoms with Crippen molar-refractivity contribution in [1.29, 1.82) is 0 Å². The van der Waals surface area contributed by atoms with Crippen LogP contribution in [0.4, 0.5) is 0 Å². The van der Waals surface area contributed by atoms with Gasteiger partial charge < -0.3 is 14.0 Å². The minimum Gasteiger partial charge on any atom is -0.497 e. The number of aromatic nitrogens is 2. The van der Waals surface area contributed by atoms with Crippen molar-refractivity contribution in [2.75, 3.05) is 20.1 Å². The van der Waals surface area contributed by atoms with Crippen LogP contribution in [0.25, 0.3) is 11.4 Å². The first-order chi connectivity index (χ1) is 9.26. The fraction of sp³-hybridized carbons (Fsp3) is 0.385. The van der Waals surface area contributed by atoms with Crippen LogP contribution in [0.3, 0.4) is 0 Å². The lowest BCUT2D eigenvalue weighted by Gasteiger charge is -2.05. The molecule has 0 aliphatic carbocycles. The molecule has 0 aliphatic rings. The molecule has 0 saturated heterocycles. The maximum absolute atomic E-state index is 5.63. The van der Waals surface area contributed by atoms with Gasteiger partial charge in [0.2, 0.25) is 11.7 Å². The Morgan fingerprint density at radius 3 is 2.42 bits per heavy atom. The first-order valence-electron chi connectivity index (χ1n) is 5.89. The summed E-state index contributed by atoms with van der Waals surface area (Å²) in [7, 11) is 3.20. The first kappa shape index (κ1) is 13.7. The third-order valence-electron chi connectivity index (χ3n) is 2.60. The van der Waals surface area contributed by atoms with Gasteiger partial charge in [0.1, 0.15) is 11.5 Å². The molecule has 1 aromatic carbocycles. The first-order valence-corrected chi connectivity index (χ1v) is 6.42. The van der Waals surface area contributed by atoms with Gasteiger partial charge >= 0.3 is 0 Å². The Hall–Kier alpha value is -1.75. The number of nitrogens with zero attached hydrogens (tertiary/aromatic N) is 2. The highest BCUT2D eigenvalue weighted by Crippen LogP contribution is 2.28. The van der Waals surface area contributed by atoms with Crippen molar-refractivity contribution in [3.8, 4) is 22.9 Å². The average molecular weight is 283 g/mol. The fourth-order valence-electron chi connectivity index (χ4n) is 1.63. The van der Waals surface area contributed by atoms with Crippen LogP contribution in [-0.2, 0) is 6.42 Å². The largest absolute Gasteiger partial charge is 0.497 e. The molecule has 0 atom stereocenters. The molecule has 0 saturated carbocycles. The van der Waals surface area contributed by atoms with Crippen molar-refractivity contribution < 1.29 is 14.0 Å². The maximum Gasteiger partial charge on any atom is 0.227 e. The predicted octanol–water partition coefficient (Wildman–Crippen LogP) is 2.93. The van der Waals surface area contributed by atoms with E-state index in [4.69, 9.17) is 25.6 Å². The highest BCUT2D eigenvalue weighted by atomic mass is 35.5. The van der Waals surface area contributed by atoms with Gasteiger partial charge in [0.25, 0.3) is 0 Å². The van der Waals surface area contributed by atoms with E-state index in [2.05, 4.69) is 10.1 Å². The number of aryl methyl sites for hydroxylation is 1. The molecule has 1 aromatic heterocycles. The topological polar surface area (TPSA) is 57.4 Å². The Morgan fingerprint density at radius 1 is 1.16 bits per heavy atom. The molecule has 2 rings (SSSR count). The summed E-state index contributed by atoms with van der Waals surface area (Å²) in [4.78, 5) is 4.32. The summed E-state index contributed by atoms with van der Waals surface area (Å²) in [5.41, 5.74) is 0.789. The minimum atomic E-state index is 0.516. The molecule has 5 nitrogen and oxygen atoms in total. The number of benzene rings is 1. The van der Waals surface area contributed by atoms with E-state index in [1.165, 1.54) is 0 Å². The van der Waals surface area contributed by atoms with E-state index in [9.17, 15) is 0 Å². The van der Waals surface area contributed by atoms with Crippen molar-refractivity contribution >= 4 is 11.6 Å². The predicted molar refractivity (Wildman–Crippen MR) is 71.9 cm³/mol. The van der Waals surface area contributed by atoms with Crippen LogP contribution in [0.2, 0.25) is 0 Å². The van der Waals surface area contributed by atoms with E-state index in [1.807, 2.05) is 12.1 Å². The Kier molecular flexibility index (Phi) is 4.63. The van der Waals surface area contributed by atoms with Gasteiger partial charge in [-0.3, -0.25) is 0 Å². The number of alkyl halides is 1. The molecule has 0 bridgehead atoms. The molecular weight excluding hydrogens is 268 g/mol. The number of halogens is 1. The lowest BCUT2D eigenvalue weighted by Crippen LogP contribution is -1.90. The van der Waals surface area contributed by atoms with Crippen LogP contribution < -0.4 is 9.47 Å². The summed E-state index contributed by atoms with van der Waals surface area (Å²) in [5.74, 6) is 3.03. The Bertz CT molecular complexity index is 520. The smallest absolute Gasteiger partial charge is 0.227 e. The molecule has 0 aliphatic heterocycles. The molecular formula is C13H15ClN2O3. The van der Waals surface area contributed by atoms with E-state index >= 15 is 0 Å². The summed E-state index contributed by atoms with van der Waals surface area (Å²) >= 11 is 5.63. The monoisotopic (exact) mass is 282 g/mol. The van der Waals surface area contributed by atoms with Crippen molar-refractivity contribution in [3.05, 3.63) is 24.1 Å². The molecule has 0 amide bonds. The zero-order chi connectivity index (χ0) is 13.7. The van der Waals surface area contributed by atoms with Gasteiger partial charge in [-0.25, -0.2) is 0 Å². The average Bonchev–Trinajstić information content (AvgIpc) is 2.93. The molecule has 19 heavy (non-hydrogen) atoms. The van der Waals surface area contributed by atoms with Gasteiger partial charge in [-0.2, -0.15) is 4.98 Å². The van der Waals surface area contributed by atoms with Gasteiger partial charge in [-0.15, -0.1) is 11.6 Å². The van der Waals surface area contributed by atoms with Crippen molar-refractivity contribution in [2.24, 2.45) is 0 Å². The molecule has 0 fully saturated rings. The molecule has 1 heterocycles. The summed E-state index contributed by atoms with van der Waals surface area (Å²) in [5, 5.41) is 3.95. The van der Waals surface area contributed by atoms with E-state index in [1.54, 1.807) is 20.3 Å². The van der Waals surface area contributed by atoms with Crippen molar-refractivity contribution in [2.45, 2.75) is 12.8 Å². The quantitative estimate of drug-likeness (QED) is 0.763. The Balaban J connectivity index is 2.27. The van der Waals surface area contributed by atoms with Gasteiger partial charge in [-0.05, 0) is 18.6 Å². The van der Waals surface area contributed by atoms with Crippen molar-refractivity contribution in [1.82, 2.24) is 10.1 Å². The van der Waals surface area contributed by atoms with Crippen LogP contribution in [0.15, 0.2) is 22.7 Å². The van der Waals surface area contributed by atoms with Crippen LogP contribution in [0.5, 0.6) is 11.5 Å². The van der Waals surface area contributed by atoms with Crippen LogP contribution in [0, 0.1) is 0 Å². The van der Waals surface area contributed by atoms with E-state index in [-0.39, 0.29) is 0 Å². The third kappa shape index (κ3) is 3.38. The maximum atomic E-state index is 5.63. The fourth-order valence-corrected chi connectivity index (χ4v) is 1.76. The lowest BCUT2D eigenvalue weighted by molar-refractivity contribution is 0.377. The number of ether oxygens (including phenoxy) is 2. The minimum absolute atomic E-state index is 0.516. The van der Waals surface area contributed by atoms with Gasteiger partial charge in [0, 0.05) is 23.9 Å². The second-order valence-corrected chi connectivity index (χ2v) is 4.28. The molecule has 6 heteroatoms.